The van der Waals surface area contributed by atoms with Crippen molar-refractivity contribution in [3.05, 3.63) is 83.8 Å². The minimum atomic E-state index is -0.442. The highest BCUT2D eigenvalue weighted by molar-refractivity contribution is 6.36. The number of nitrogens with one attached hydrogen (secondary N) is 1. The Morgan fingerprint density at radius 2 is 1.71 bits per heavy atom. The number of amides is 2. The molecule has 174 valence electrons. The van der Waals surface area contributed by atoms with Gasteiger partial charge in [-0.15, -0.1) is 0 Å². The molecule has 0 atom stereocenters. The third kappa shape index (κ3) is 4.56. The van der Waals surface area contributed by atoms with Crippen LogP contribution in [0.4, 0.5) is 5.69 Å². The molecule has 0 saturated heterocycles. The zero-order valence-electron chi connectivity index (χ0n) is 19.2. The van der Waals surface area contributed by atoms with Crippen molar-refractivity contribution in [2.24, 2.45) is 0 Å². The van der Waals surface area contributed by atoms with Crippen molar-refractivity contribution in [3.63, 3.8) is 0 Å². The van der Waals surface area contributed by atoms with Crippen LogP contribution in [-0.2, 0) is 16.1 Å². The second kappa shape index (κ2) is 10.1. The normalized spacial score (nSPS) is 13.3. The van der Waals surface area contributed by atoms with Gasteiger partial charge in [0.05, 0.1) is 38.6 Å². The lowest BCUT2D eigenvalue weighted by atomic mass is 10.0. The molecule has 0 spiro atoms. The number of anilines is 1. The van der Waals surface area contributed by atoms with Crippen LogP contribution in [-0.4, -0.2) is 42.5 Å². The number of nitrogens with zero attached hydrogens (tertiary/aromatic N) is 2. The molecule has 1 N–H and O–H groups in total. The molecule has 4 rings (SSSR count). The summed E-state index contributed by atoms with van der Waals surface area (Å²) in [5.41, 5.74) is 2.27. The van der Waals surface area contributed by atoms with Crippen LogP contribution < -0.4 is 19.5 Å². The molecule has 2 aromatic carbocycles. The molecule has 0 radical (unpaired) electrons. The largest absolute Gasteiger partial charge is 0.497 e. The molecule has 0 fully saturated rings. The van der Waals surface area contributed by atoms with Crippen molar-refractivity contribution in [2.45, 2.75) is 13.5 Å². The van der Waals surface area contributed by atoms with Gasteiger partial charge < -0.3 is 19.5 Å². The first-order chi connectivity index (χ1) is 16.5. The van der Waals surface area contributed by atoms with Crippen LogP contribution in [0.15, 0.2) is 72.7 Å². The topological polar surface area (TPSA) is 90.0 Å². The van der Waals surface area contributed by atoms with E-state index in [0.29, 0.717) is 35.1 Å². The van der Waals surface area contributed by atoms with E-state index in [1.165, 1.54) is 12.0 Å². The summed E-state index contributed by atoms with van der Waals surface area (Å²) in [6, 6.07) is 15.9. The molecule has 0 saturated carbocycles. The van der Waals surface area contributed by atoms with Gasteiger partial charge >= 0.3 is 0 Å². The highest BCUT2D eigenvalue weighted by Crippen LogP contribution is 2.36. The van der Waals surface area contributed by atoms with Crippen LogP contribution in [0.3, 0.4) is 0 Å². The predicted molar refractivity (Wildman–Crippen MR) is 127 cm³/mol. The fourth-order valence-corrected chi connectivity index (χ4v) is 3.71. The maximum atomic E-state index is 13.5. The predicted octanol–water partition coefficient (Wildman–Crippen LogP) is 3.89. The maximum Gasteiger partial charge on any atom is 0.278 e. The second-order valence-electron chi connectivity index (χ2n) is 7.46. The monoisotopic (exact) mass is 459 g/mol. The van der Waals surface area contributed by atoms with Gasteiger partial charge in [0.2, 0.25) is 0 Å². The molecule has 0 bridgehead atoms. The summed E-state index contributed by atoms with van der Waals surface area (Å²) in [4.78, 5) is 32.3. The van der Waals surface area contributed by atoms with Crippen LogP contribution in [0.2, 0.25) is 0 Å². The van der Waals surface area contributed by atoms with Crippen LogP contribution in [0.5, 0.6) is 17.2 Å². The van der Waals surface area contributed by atoms with E-state index in [9.17, 15) is 9.59 Å². The molecule has 1 aliphatic heterocycles. The smallest absolute Gasteiger partial charge is 0.278 e. The van der Waals surface area contributed by atoms with Gasteiger partial charge in [-0.1, -0.05) is 18.2 Å². The van der Waals surface area contributed by atoms with E-state index in [1.54, 1.807) is 68.0 Å². The number of aromatic nitrogens is 1. The SMILES string of the molecule is CCOc1ccc(C2=C(Nc3cc(OC)ccc3OC)C(=O)N(Cc3cccnc3)C2=O)cc1. The molecule has 1 aromatic heterocycles. The molecule has 8 heteroatoms. The quantitative estimate of drug-likeness (QED) is 0.486. The number of ether oxygens (including phenoxy) is 3. The number of carbonyl (C=O) groups is 2. The Bertz CT molecular complexity index is 1220. The van der Waals surface area contributed by atoms with Gasteiger partial charge in [-0.25, -0.2) is 0 Å². The summed E-state index contributed by atoms with van der Waals surface area (Å²) >= 11 is 0. The summed E-state index contributed by atoms with van der Waals surface area (Å²) < 4.78 is 16.3. The van der Waals surface area contributed by atoms with Gasteiger partial charge in [0, 0.05) is 18.5 Å². The highest BCUT2D eigenvalue weighted by Gasteiger charge is 2.39. The van der Waals surface area contributed by atoms with E-state index >= 15 is 0 Å². The Labute approximate surface area is 197 Å². The van der Waals surface area contributed by atoms with Gasteiger partial charge in [0.15, 0.2) is 0 Å². The van der Waals surface area contributed by atoms with Gasteiger partial charge in [0.1, 0.15) is 22.9 Å². The molecule has 34 heavy (non-hydrogen) atoms. The maximum absolute atomic E-state index is 13.5. The van der Waals surface area contributed by atoms with Crippen molar-refractivity contribution in [1.82, 2.24) is 9.88 Å². The van der Waals surface area contributed by atoms with Crippen molar-refractivity contribution < 1.29 is 23.8 Å². The standard InChI is InChI=1S/C26H25N3O5/c1-4-34-19-9-7-18(8-10-19)23-24(28-21-14-20(32-2)11-12-22(21)33-3)26(31)29(25(23)30)16-17-6-5-13-27-15-17/h5-15,28H,4,16H2,1-3H3. The number of hydrogen-bond donors (Lipinski definition) is 1. The van der Waals surface area contributed by atoms with Crippen molar-refractivity contribution >= 4 is 23.1 Å². The first kappa shape index (κ1) is 22.8. The third-order valence-corrected chi connectivity index (χ3v) is 5.35. The minimum Gasteiger partial charge on any atom is -0.497 e. The minimum absolute atomic E-state index is 0.104. The van der Waals surface area contributed by atoms with Crippen molar-refractivity contribution in [2.75, 3.05) is 26.1 Å². The summed E-state index contributed by atoms with van der Waals surface area (Å²) in [6.07, 6.45) is 3.27. The first-order valence-electron chi connectivity index (χ1n) is 10.8. The molecule has 2 heterocycles. The number of pyridine rings is 1. The fraction of sp³-hybridized carbons (Fsp3) is 0.192. The molecule has 0 aliphatic carbocycles. The molecular weight excluding hydrogens is 434 g/mol. The molecule has 2 amide bonds. The van der Waals surface area contributed by atoms with Crippen molar-refractivity contribution in [3.8, 4) is 17.2 Å². The molecule has 1 aliphatic rings. The molecule has 0 unspecified atom stereocenters. The Balaban J connectivity index is 1.77. The number of benzene rings is 2. The third-order valence-electron chi connectivity index (χ3n) is 5.35. The first-order valence-corrected chi connectivity index (χ1v) is 10.8. The lowest BCUT2D eigenvalue weighted by molar-refractivity contribution is -0.137. The lowest BCUT2D eigenvalue weighted by Crippen LogP contribution is -2.32. The number of hydrogen-bond acceptors (Lipinski definition) is 7. The number of imide groups is 1. The Hall–Kier alpha value is -4.33. The molecule has 8 nitrogen and oxygen atoms in total. The van der Waals surface area contributed by atoms with Crippen molar-refractivity contribution in [1.29, 1.82) is 0 Å². The average molecular weight is 460 g/mol. The Kier molecular flexibility index (Phi) is 6.77. The van der Waals surface area contributed by atoms with Gasteiger partial charge in [-0.2, -0.15) is 0 Å². The summed E-state index contributed by atoms with van der Waals surface area (Å²) in [5.74, 6) is 0.922. The Morgan fingerprint density at radius 3 is 2.35 bits per heavy atom. The number of carbonyl (C=O) groups excluding carboxylic acids is 2. The van der Waals surface area contributed by atoms with E-state index in [4.69, 9.17) is 14.2 Å². The number of rotatable bonds is 9. The van der Waals surface area contributed by atoms with E-state index in [2.05, 4.69) is 10.3 Å². The molecular formula is C26H25N3O5. The van der Waals surface area contributed by atoms with Gasteiger partial charge in [-0.3, -0.25) is 19.5 Å². The fourth-order valence-electron chi connectivity index (χ4n) is 3.71. The zero-order chi connectivity index (χ0) is 24.1. The van der Waals surface area contributed by atoms with E-state index in [-0.39, 0.29) is 17.8 Å². The van der Waals surface area contributed by atoms with E-state index in [0.717, 1.165) is 5.56 Å². The van der Waals surface area contributed by atoms with Crippen LogP contribution >= 0.6 is 0 Å². The van der Waals surface area contributed by atoms with Gasteiger partial charge in [-0.05, 0) is 48.4 Å². The lowest BCUT2D eigenvalue weighted by Gasteiger charge is -2.16. The molecule has 3 aromatic rings. The summed E-state index contributed by atoms with van der Waals surface area (Å²) in [6.45, 7) is 2.53. The Morgan fingerprint density at radius 1 is 0.941 bits per heavy atom. The summed E-state index contributed by atoms with van der Waals surface area (Å²) in [7, 11) is 3.08. The summed E-state index contributed by atoms with van der Waals surface area (Å²) in [5, 5.41) is 3.14. The zero-order valence-corrected chi connectivity index (χ0v) is 19.2. The van der Waals surface area contributed by atoms with E-state index in [1.807, 2.05) is 13.0 Å². The van der Waals surface area contributed by atoms with Crippen LogP contribution in [0, 0.1) is 0 Å². The average Bonchev–Trinajstić information content (AvgIpc) is 3.09. The highest BCUT2D eigenvalue weighted by atomic mass is 16.5. The van der Waals surface area contributed by atoms with Crippen LogP contribution in [0.25, 0.3) is 5.57 Å². The van der Waals surface area contributed by atoms with Crippen LogP contribution in [0.1, 0.15) is 18.1 Å². The number of methoxy groups -OCH3 is 2. The van der Waals surface area contributed by atoms with Gasteiger partial charge in [0.25, 0.3) is 11.8 Å². The second-order valence-corrected chi connectivity index (χ2v) is 7.46. The van der Waals surface area contributed by atoms with E-state index < -0.39 is 11.8 Å².